The highest BCUT2D eigenvalue weighted by atomic mass is 35.5. The van der Waals surface area contributed by atoms with E-state index < -0.39 is 6.10 Å². The molecule has 1 heterocycles. The molecule has 0 saturated carbocycles. The summed E-state index contributed by atoms with van der Waals surface area (Å²) in [6.07, 6.45) is 6.57. The Morgan fingerprint density at radius 3 is 2.45 bits per heavy atom. The first kappa shape index (κ1) is 14.8. The van der Waals surface area contributed by atoms with Crippen LogP contribution in [0.3, 0.4) is 0 Å². The smallest absolute Gasteiger partial charge is 0.0991 e. The lowest BCUT2D eigenvalue weighted by Crippen LogP contribution is -2.29. The first-order valence-electron chi connectivity index (χ1n) is 6.51. The molecule has 0 radical (unpaired) electrons. The van der Waals surface area contributed by atoms with Crippen LogP contribution in [0.4, 0.5) is 0 Å². The van der Waals surface area contributed by atoms with E-state index in [0.717, 1.165) is 11.3 Å². The van der Waals surface area contributed by atoms with Crippen molar-refractivity contribution in [3.63, 3.8) is 0 Å². The number of rotatable bonds is 3. The fraction of sp³-hybridized carbons (Fsp3) is 0.312. The average Bonchev–Trinajstić information content (AvgIpc) is 2.90. The van der Waals surface area contributed by atoms with Gasteiger partial charge in [-0.1, -0.05) is 44.5 Å². The molecule has 3 nitrogen and oxygen atoms in total. The number of aromatic nitrogens is 2. The average molecular weight is 291 g/mol. The molecule has 0 fully saturated rings. The Balaban J connectivity index is 2.44. The van der Waals surface area contributed by atoms with Crippen LogP contribution in [0.2, 0.25) is 5.02 Å². The molecule has 1 aromatic carbocycles. The van der Waals surface area contributed by atoms with E-state index in [-0.39, 0.29) is 5.41 Å². The molecule has 0 amide bonds. The molecule has 0 unspecified atom stereocenters. The lowest BCUT2D eigenvalue weighted by Gasteiger charge is -2.28. The van der Waals surface area contributed by atoms with Crippen molar-refractivity contribution < 1.29 is 5.11 Å². The van der Waals surface area contributed by atoms with E-state index in [0.29, 0.717) is 5.02 Å². The molecule has 0 bridgehead atoms. The van der Waals surface area contributed by atoms with Gasteiger partial charge in [-0.05, 0) is 29.2 Å². The number of hydrogen-bond donors (Lipinski definition) is 1. The van der Waals surface area contributed by atoms with E-state index in [9.17, 15) is 5.11 Å². The molecule has 2 rings (SSSR count). The predicted octanol–water partition coefficient (Wildman–Crippen LogP) is 3.94. The van der Waals surface area contributed by atoms with Gasteiger partial charge in [0.1, 0.15) is 0 Å². The van der Waals surface area contributed by atoms with E-state index in [2.05, 4.69) is 4.98 Å². The summed E-state index contributed by atoms with van der Waals surface area (Å²) in [4.78, 5) is 4.05. The number of halogens is 1. The largest absolute Gasteiger partial charge is 0.386 e. The summed E-state index contributed by atoms with van der Waals surface area (Å²) in [7, 11) is 0. The standard InChI is InChI=1S/C16H19ClN2O/c1-16(2,3)15(20)14(19-9-8-18-11-19)10-12-4-6-13(17)7-5-12/h4-11,15,20H,1-3H3/b14-10+/t15-/m1/s1. The Bertz CT molecular complexity index is 580. The lowest BCUT2D eigenvalue weighted by atomic mass is 9.86. The first-order valence-corrected chi connectivity index (χ1v) is 6.89. The summed E-state index contributed by atoms with van der Waals surface area (Å²) in [5.74, 6) is 0. The van der Waals surface area contributed by atoms with Crippen LogP contribution in [0, 0.1) is 5.41 Å². The second-order valence-electron chi connectivity index (χ2n) is 5.86. The lowest BCUT2D eigenvalue weighted by molar-refractivity contribution is 0.110. The van der Waals surface area contributed by atoms with Gasteiger partial charge in [0, 0.05) is 17.4 Å². The predicted molar refractivity (Wildman–Crippen MR) is 83.3 cm³/mol. The molecule has 0 aliphatic rings. The summed E-state index contributed by atoms with van der Waals surface area (Å²) in [5, 5.41) is 11.3. The Labute approximate surface area is 124 Å². The van der Waals surface area contributed by atoms with Gasteiger partial charge < -0.3 is 9.67 Å². The minimum atomic E-state index is -0.604. The van der Waals surface area contributed by atoms with E-state index in [1.54, 1.807) is 12.5 Å². The molecule has 106 valence electrons. The van der Waals surface area contributed by atoms with Crippen molar-refractivity contribution in [2.24, 2.45) is 5.41 Å². The Morgan fingerprint density at radius 1 is 1.30 bits per heavy atom. The van der Waals surface area contributed by atoms with Gasteiger partial charge in [0.2, 0.25) is 0 Å². The molecular weight excluding hydrogens is 272 g/mol. The third-order valence-electron chi connectivity index (χ3n) is 3.09. The monoisotopic (exact) mass is 290 g/mol. The van der Waals surface area contributed by atoms with Gasteiger partial charge in [-0.2, -0.15) is 0 Å². The Morgan fingerprint density at radius 2 is 1.95 bits per heavy atom. The van der Waals surface area contributed by atoms with Crippen molar-refractivity contribution in [1.82, 2.24) is 9.55 Å². The van der Waals surface area contributed by atoms with Crippen molar-refractivity contribution in [3.8, 4) is 0 Å². The van der Waals surface area contributed by atoms with Gasteiger partial charge >= 0.3 is 0 Å². The number of nitrogens with zero attached hydrogens (tertiary/aromatic N) is 2. The fourth-order valence-electron chi connectivity index (χ4n) is 1.88. The van der Waals surface area contributed by atoms with Crippen LogP contribution in [0.15, 0.2) is 43.0 Å². The molecule has 0 aliphatic carbocycles. The Kier molecular flexibility index (Phi) is 4.31. The minimum Gasteiger partial charge on any atom is -0.386 e. The van der Waals surface area contributed by atoms with Crippen molar-refractivity contribution >= 4 is 23.4 Å². The maximum Gasteiger partial charge on any atom is 0.0991 e. The topological polar surface area (TPSA) is 38.0 Å². The van der Waals surface area contributed by atoms with Crippen molar-refractivity contribution in [3.05, 3.63) is 53.6 Å². The van der Waals surface area contributed by atoms with Gasteiger partial charge in [0.15, 0.2) is 0 Å². The molecular formula is C16H19ClN2O. The van der Waals surface area contributed by atoms with Crippen molar-refractivity contribution in [2.75, 3.05) is 0 Å². The van der Waals surface area contributed by atoms with E-state index in [1.807, 2.05) is 61.9 Å². The fourth-order valence-corrected chi connectivity index (χ4v) is 2.01. The summed E-state index contributed by atoms with van der Waals surface area (Å²) in [6.45, 7) is 6.01. The van der Waals surface area contributed by atoms with Gasteiger partial charge in [-0.15, -0.1) is 0 Å². The maximum absolute atomic E-state index is 10.6. The van der Waals surface area contributed by atoms with Crippen LogP contribution in [0.5, 0.6) is 0 Å². The zero-order valence-electron chi connectivity index (χ0n) is 11.9. The highest BCUT2D eigenvalue weighted by Gasteiger charge is 2.26. The molecule has 20 heavy (non-hydrogen) atoms. The van der Waals surface area contributed by atoms with Crippen LogP contribution in [0.25, 0.3) is 11.8 Å². The summed E-state index contributed by atoms with van der Waals surface area (Å²) >= 11 is 5.90. The minimum absolute atomic E-state index is 0.261. The number of aliphatic hydroxyl groups excluding tert-OH is 1. The van der Waals surface area contributed by atoms with Crippen LogP contribution in [0.1, 0.15) is 26.3 Å². The zero-order valence-corrected chi connectivity index (χ0v) is 12.7. The Hall–Kier alpha value is -1.58. The number of aliphatic hydroxyl groups is 1. The van der Waals surface area contributed by atoms with E-state index in [4.69, 9.17) is 11.6 Å². The number of benzene rings is 1. The molecule has 2 aromatic rings. The van der Waals surface area contributed by atoms with Crippen molar-refractivity contribution in [1.29, 1.82) is 0 Å². The molecule has 1 aromatic heterocycles. The molecule has 0 spiro atoms. The summed E-state index contributed by atoms with van der Waals surface area (Å²) in [6, 6.07) is 7.52. The summed E-state index contributed by atoms with van der Waals surface area (Å²) < 4.78 is 1.84. The second-order valence-corrected chi connectivity index (χ2v) is 6.30. The van der Waals surface area contributed by atoms with Gasteiger partial charge in [0.05, 0.1) is 18.1 Å². The van der Waals surface area contributed by atoms with Gasteiger partial charge in [-0.25, -0.2) is 4.98 Å². The van der Waals surface area contributed by atoms with E-state index in [1.165, 1.54) is 0 Å². The molecule has 0 saturated heterocycles. The zero-order chi connectivity index (χ0) is 14.8. The third-order valence-corrected chi connectivity index (χ3v) is 3.34. The van der Waals surface area contributed by atoms with Crippen LogP contribution >= 0.6 is 11.6 Å². The highest BCUT2D eigenvalue weighted by molar-refractivity contribution is 6.30. The second kappa shape index (κ2) is 5.81. The summed E-state index contributed by atoms with van der Waals surface area (Å²) in [5.41, 5.74) is 1.52. The number of imidazole rings is 1. The van der Waals surface area contributed by atoms with Crippen LogP contribution < -0.4 is 0 Å². The van der Waals surface area contributed by atoms with Gasteiger partial charge in [0.25, 0.3) is 0 Å². The highest BCUT2D eigenvalue weighted by Crippen LogP contribution is 2.29. The van der Waals surface area contributed by atoms with Gasteiger partial charge in [-0.3, -0.25) is 0 Å². The van der Waals surface area contributed by atoms with Crippen LogP contribution in [-0.4, -0.2) is 20.8 Å². The quantitative estimate of drug-likeness (QED) is 0.930. The molecule has 4 heteroatoms. The number of hydrogen-bond acceptors (Lipinski definition) is 2. The molecule has 0 aliphatic heterocycles. The third kappa shape index (κ3) is 3.50. The van der Waals surface area contributed by atoms with Crippen molar-refractivity contribution in [2.45, 2.75) is 26.9 Å². The maximum atomic E-state index is 10.6. The molecule has 1 atom stereocenters. The normalized spacial score (nSPS) is 14.3. The first-order chi connectivity index (χ1) is 9.38. The SMILES string of the molecule is CC(C)(C)[C@H](O)/C(=C\c1ccc(Cl)cc1)n1ccnc1. The van der Waals surface area contributed by atoms with E-state index >= 15 is 0 Å². The van der Waals surface area contributed by atoms with Crippen LogP contribution in [-0.2, 0) is 0 Å². The molecule has 1 N–H and O–H groups in total.